The Labute approximate surface area is 152 Å². The van der Waals surface area contributed by atoms with E-state index >= 15 is 0 Å². The molecular formula is C19H20ClNO4. The largest absolute Gasteiger partial charge is 0.497 e. The molecule has 0 aliphatic carbocycles. The van der Waals surface area contributed by atoms with Gasteiger partial charge < -0.3 is 19.5 Å². The number of halogens is 1. The smallest absolute Gasteiger partial charge is 0.248 e. The highest BCUT2D eigenvalue weighted by Crippen LogP contribution is 2.31. The Bertz CT molecular complexity index is 802. The van der Waals surface area contributed by atoms with Gasteiger partial charge in [-0.2, -0.15) is 0 Å². The summed E-state index contributed by atoms with van der Waals surface area (Å²) >= 11 is 6.07. The second-order valence-electron chi connectivity index (χ2n) is 5.23. The average Bonchev–Trinajstić information content (AvgIpc) is 2.62. The lowest BCUT2D eigenvalue weighted by atomic mass is 10.1. The normalized spacial score (nSPS) is 10.6. The third kappa shape index (κ3) is 4.67. The summed E-state index contributed by atoms with van der Waals surface area (Å²) in [6, 6.07) is 8.79. The molecule has 132 valence electrons. The summed E-state index contributed by atoms with van der Waals surface area (Å²) in [4.78, 5) is 12.2. The molecular weight excluding hydrogens is 342 g/mol. The van der Waals surface area contributed by atoms with E-state index in [-0.39, 0.29) is 5.91 Å². The zero-order valence-corrected chi connectivity index (χ0v) is 15.3. The second kappa shape index (κ2) is 8.44. The van der Waals surface area contributed by atoms with Crippen LogP contribution in [0.5, 0.6) is 17.2 Å². The quantitative estimate of drug-likeness (QED) is 0.778. The lowest BCUT2D eigenvalue weighted by molar-refractivity contribution is -0.111. The van der Waals surface area contributed by atoms with Crippen LogP contribution in [0.4, 0.5) is 5.69 Å². The van der Waals surface area contributed by atoms with Crippen LogP contribution < -0.4 is 19.5 Å². The molecule has 0 heterocycles. The van der Waals surface area contributed by atoms with Crippen LogP contribution in [0.3, 0.4) is 0 Å². The van der Waals surface area contributed by atoms with Crippen LogP contribution in [0.1, 0.15) is 11.1 Å². The highest BCUT2D eigenvalue weighted by molar-refractivity contribution is 6.31. The van der Waals surface area contributed by atoms with Crippen molar-refractivity contribution in [3.63, 3.8) is 0 Å². The molecule has 2 aromatic rings. The van der Waals surface area contributed by atoms with E-state index in [4.69, 9.17) is 25.8 Å². The molecule has 0 aromatic heterocycles. The third-order valence-corrected chi connectivity index (χ3v) is 4.00. The molecule has 0 saturated carbocycles. The van der Waals surface area contributed by atoms with E-state index in [1.54, 1.807) is 50.6 Å². The Kier molecular flexibility index (Phi) is 6.31. The summed E-state index contributed by atoms with van der Waals surface area (Å²) in [5, 5.41) is 3.36. The Morgan fingerprint density at radius 2 is 1.76 bits per heavy atom. The Balaban J connectivity index is 2.21. The van der Waals surface area contributed by atoms with Gasteiger partial charge in [-0.05, 0) is 42.8 Å². The first-order valence-corrected chi connectivity index (χ1v) is 7.91. The molecule has 5 nitrogen and oxygen atoms in total. The Morgan fingerprint density at radius 1 is 1.04 bits per heavy atom. The van der Waals surface area contributed by atoms with Crippen LogP contribution in [0.2, 0.25) is 5.02 Å². The van der Waals surface area contributed by atoms with Gasteiger partial charge in [0.2, 0.25) is 5.91 Å². The maximum atomic E-state index is 12.2. The summed E-state index contributed by atoms with van der Waals surface area (Å²) in [7, 11) is 4.67. The predicted molar refractivity (Wildman–Crippen MR) is 100.0 cm³/mol. The first-order chi connectivity index (χ1) is 12.0. The molecule has 0 unspecified atom stereocenters. The van der Waals surface area contributed by atoms with Crippen molar-refractivity contribution in [2.45, 2.75) is 6.92 Å². The molecule has 0 atom stereocenters. The number of carbonyl (C=O) groups is 1. The van der Waals surface area contributed by atoms with E-state index < -0.39 is 0 Å². The molecule has 0 spiro atoms. The van der Waals surface area contributed by atoms with Crippen LogP contribution in [0.25, 0.3) is 6.08 Å². The second-order valence-corrected chi connectivity index (χ2v) is 5.64. The van der Waals surface area contributed by atoms with Crippen molar-refractivity contribution in [1.29, 1.82) is 0 Å². The van der Waals surface area contributed by atoms with Crippen molar-refractivity contribution < 1.29 is 19.0 Å². The van der Waals surface area contributed by atoms with Crippen LogP contribution in [-0.4, -0.2) is 27.2 Å². The number of nitrogens with one attached hydrogen (secondary N) is 1. The molecule has 1 amide bonds. The van der Waals surface area contributed by atoms with Crippen LogP contribution in [0, 0.1) is 6.92 Å². The van der Waals surface area contributed by atoms with E-state index in [9.17, 15) is 4.79 Å². The number of ether oxygens (including phenoxy) is 3. The predicted octanol–water partition coefficient (Wildman–Crippen LogP) is 4.33. The molecule has 1 N–H and O–H groups in total. The maximum absolute atomic E-state index is 12.2. The minimum absolute atomic E-state index is 0.301. The third-order valence-electron chi connectivity index (χ3n) is 3.59. The molecule has 0 bridgehead atoms. The zero-order valence-electron chi connectivity index (χ0n) is 14.6. The lowest BCUT2D eigenvalue weighted by Gasteiger charge is -2.11. The molecule has 25 heavy (non-hydrogen) atoms. The summed E-state index contributed by atoms with van der Waals surface area (Å²) in [5.74, 6) is 1.52. The fraction of sp³-hybridized carbons (Fsp3) is 0.211. The van der Waals surface area contributed by atoms with Crippen molar-refractivity contribution >= 4 is 29.3 Å². The van der Waals surface area contributed by atoms with Gasteiger partial charge in [0.25, 0.3) is 0 Å². The number of benzene rings is 2. The van der Waals surface area contributed by atoms with E-state index in [1.807, 2.05) is 6.92 Å². The van der Waals surface area contributed by atoms with E-state index in [0.29, 0.717) is 28.0 Å². The van der Waals surface area contributed by atoms with Gasteiger partial charge in [-0.1, -0.05) is 11.6 Å². The van der Waals surface area contributed by atoms with E-state index in [2.05, 4.69) is 5.32 Å². The highest BCUT2D eigenvalue weighted by atomic mass is 35.5. The van der Waals surface area contributed by atoms with Crippen molar-refractivity contribution in [2.24, 2.45) is 0 Å². The standard InChI is InChI=1S/C19H20ClNO4/c1-12-9-16(18(25-4)11-15(12)20)21-19(22)8-5-13-10-14(23-2)6-7-17(13)24-3/h5-11H,1-4H3,(H,21,22)/b8-5+. The zero-order chi connectivity index (χ0) is 18.4. The van der Waals surface area contributed by atoms with Gasteiger partial charge in [0.05, 0.1) is 27.0 Å². The first kappa shape index (κ1) is 18.7. The Hall–Kier alpha value is -2.66. The average molecular weight is 362 g/mol. The minimum Gasteiger partial charge on any atom is -0.497 e. The summed E-state index contributed by atoms with van der Waals surface area (Å²) in [6.07, 6.45) is 3.08. The van der Waals surface area contributed by atoms with Crippen molar-refractivity contribution in [3.8, 4) is 17.2 Å². The summed E-state index contributed by atoms with van der Waals surface area (Å²) in [6.45, 7) is 1.86. The number of amides is 1. The van der Waals surface area contributed by atoms with Crippen LogP contribution in [-0.2, 0) is 4.79 Å². The Morgan fingerprint density at radius 3 is 2.40 bits per heavy atom. The fourth-order valence-corrected chi connectivity index (χ4v) is 2.39. The van der Waals surface area contributed by atoms with Gasteiger partial charge in [0, 0.05) is 22.7 Å². The van der Waals surface area contributed by atoms with E-state index in [0.717, 1.165) is 11.1 Å². The fourth-order valence-electron chi connectivity index (χ4n) is 2.24. The number of anilines is 1. The van der Waals surface area contributed by atoms with Gasteiger partial charge in [-0.25, -0.2) is 0 Å². The highest BCUT2D eigenvalue weighted by Gasteiger charge is 2.09. The van der Waals surface area contributed by atoms with Crippen molar-refractivity contribution in [2.75, 3.05) is 26.6 Å². The number of rotatable bonds is 6. The van der Waals surface area contributed by atoms with Crippen molar-refractivity contribution in [3.05, 3.63) is 52.6 Å². The molecule has 0 aliphatic heterocycles. The van der Waals surface area contributed by atoms with Crippen LogP contribution >= 0.6 is 11.6 Å². The number of hydrogen-bond donors (Lipinski definition) is 1. The molecule has 2 rings (SSSR count). The molecule has 6 heteroatoms. The number of aryl methyl sites for hydroxylation is 1. The number of hydrogen-bond acceptors (Lipinski definition) is 4. The molecule has 2 aromatic carbocycles. The van der Waals surface area contributed by atoms with Gasteiger partial charge in [-0.15, -0.1) is 0 Å². The topological polar surface area (TPSA) is 56.8 Å². The number of carbonyl (C=O) groups excluding carboxylic acids is 1. The van der Waals surface area contributed by atoms with E-state index in [1.165, 1.54) is 13.2 Å². The van der Waals surface area contributed by atoms with Gasteiger partial charge in [-0.3, -0.25) is 4.79 Å². The molecule has 0 saturated heterocycles. The minimum atomic E-state index is -0.301. The summed E-state index contributed by atoms with van der Waals surface area (Å²) in [5.41, 5.74) is 2.13. The first-order valence-electron chi connectivity index (χ1n) is 7.53. The van der Waals surface area contributed by atoms with Gasteiger partial charge in [0.1, 0.15) is 17.2 Å². The molecule has 0 radical (unpaired) electrons. The summed E-state index contributed by atoms with van der Waals surface area (Å²) < 4.78 is 15.7. The van der Waals surface area contributed by atoms with Crippen molar-refractivity contribution in [1.82, 2.24) is 0 Å². The SMILES string of the molecule is COc1ccc(OC)c(/C=C/C(=O)Nc2cc(C)c(Cl)cc2OC)c1. The maximum Gasteiger partial charge on any atom is 0.248 e. The van der Waals surface area contributed by atoms with Gasteiger partial charge in [0.15, 0.2) is 0 Å². The lowest BCUT2D eigenvalue weighted by Crippen LogP contribution is -2.09. The number of methoxy groups -OCH3 is 3. The molecule has 0 aliphatic rings. The van der Waals surface area contributed by atoms with Gasteiger partial charge >= 0.3 is 0 Å². The molecule has 0 fully saturated rings. The monoisotopic (exact) mass is 361 g/mol. The van der Waals surface area contributed by atoms with Crippen LogP contribution in [0.15, 0.2) is 36.4 Å².